The Morgan fingerprint density at radius 2 is 1.84 bits per heavy atom. The van der Waals surface area contributed by atoms with Crippen molar-refractivity contribution in [1.29, 1.82) is 0 Å². The molecule has 2 fully saturated rings. The molecular formula is C20H29ClN2O2. The van der Waals surface area contributed by atoms with Crippen molar-refractivity contribution in [2.45, 2.75) is 46.0 Å². The first-order chi connectivity index (χ1) is 11.5. The number of carbonyl (C=O) groups is 2. The lowest BCUT2D eigenvalue weighted by atomic mass is 9.78. The minimum Gasteiger partial charge on any atom is -0.343 e. The quantitative estimate of drug-likeness (QED) is 0.834. The normalized spacial score (nSPS) is 18.9. The van der Waals surface area contributed by atoms with Crippen LogP contribution < -0.4 is 5.32 Å². The number of nitrogens with zero attached hydrogens (tertiary/aromatic N) is 1. The number of nitrogens with one attached hydrogen (secondary N) is 1. The fourth-order valence-corrected chi connectivity index (χ4v) is 4.00. The van der Waals surface area contributed by atoms with Crippen LogP contribution in [0, 0.1) is 19.3 Å². The molecule has 1 aromatic carbocycles. The van der Waals surface area contributed by atoms with Crippen LogP contribution in [0.1, 0.15) is 53.6 Å². The molecule has 4 nitrogen and oxygen atoms in total. The predicted molar refractivity (Wildman–Crippen MR) is 102 cm³/mol. The molecule has 1 N–H and O–H groups in total. The Balaban J connectivity index is 0.00000225. The second kappa shape index (κ2) is 8.33. The van der Waals surface area contributed by atoms with Crippen LogP contribution in [-0.4, -0.2) is 42.8 Å². The van der Waals surface area contributed by atoms with Crippen molar-refractivity contribution in [3.8, 4) is 0 Å². The summed E-state index contributed by atoms with van der Waals surface area (Å²) in [5.41, 5.74) is 3.26. The van der Waals surface area contributed by atoms with E-state index in [0.717, 1.165) is 55.7 Å². The third kappa shape index (κ3) is 4.62. The zero-order valence-electron chi connectivity index (χ0n) is 15.3. The average Bonchev–Trinajstić information content (AvgIpc) is 3.03. The van der Waals surface area contributed by atoms with Gasteiger partial charge in [-0.05, 0) is 56.7 Å². The third-order valence-corrected chi connectivity index (χ3v) is 5.77. The van der Waals surface area contributed by atoms with Gasteiger partial charge in [-0.1, -0.05) is 17.7 Å². The summed E-state index contributed by atoms with van der Waals surface area (Å²) in [4.78, 5) is 26.8. The molecule has 138 valence electrons. The Bertz CT molecular complexity index is 629. The van der Waals surface area contributed by atoms with Gasteiger partial charge in [0.2, 0.25) is 5.91 Å². The smallest absolute Gasteiger partial charge is 0.223 e. The summed E-state index contributed by atoms with van der Waals surface area (Å²) in [6, 6.07) is 5.92. The number of amides is 1. The van der Waals surface area contributed by atoms with Crippen LogP contribution in [0.5, 0.6) is 0 Å². The first-order valence-electron chi connectivity index (χ1n) is 9.08. The molecule has 0 saturated carbocycles. The van der Waals surface area contributed by atoms with E-state index in [1.807, 2.05) is 36.9 Å². The number of benzene rings is 1. The first kappa shape index (κ1) is 19.9. The van der Waals surface area contributed by atoms with E-state index < -0.39 is 0 Å². The van der Waals surface area contributed by atoms with Crippen molar-refractivity contribution in [3.05, 3.63) is 34.9 Å². The number of hydrogen-bond donors (Lipinski definition) is 1. The molecular weight excluding hydrogens is 336 g/mol. The number of hydrogen-bond acceptors (Lipinski definition) is 3. The summed E-state index contributed by atoms with van der Waals surface area (Å²) in [6.45, 7) is 7.84. The highest BCUT2D eigenvalue weighted by Crippen LogP contribution is 2.37. The molecule has 2 heterocycles. The van der Waals surface area contributed by atoms with E-state index in [9.17, 15) is 9.59 Å². The van der Waals surface area contributed by atoms with Gasteiger partial charge in [-0.15, -0.1) is 12.4 Å². The summed E-state index contributed by atoms with van der Waals surface area (Å²) in [6.07, 6.45) is 4.07. The van der Waals surface area contributed by atoms with Crippen molar-refractivity contribution in [2.24, 2.45) is 5.41 Å². The average molecular weight is 365 g/mol. The van der Waals surface area contributed by atoms with Crippen molar-refractivity contribution in [1.82, 2.24) is 10.2 Å². The van der Waals surface area contributed by atoms with Crippen LogP contribution in [0.15, 0.2) is 18.2 Å². The number of Topliss-reactive ketones (excluding diaryl/α,β-unsaturated/α-hetero) is 1. The lowest BCUT2D eigenvalue weighted by Crippen LogP contribution is -2.44. The Morgan fingerprint density at radius 3 is 2.48 bits per heavy atom. The van der Waals surface area contributed by atoms with Crippen LogP contribution in [0.3, 0.4) is 0 Å². The molecule has 2 aliphatic heterocycles. The van der Waals surface area contributed by atoms with Crippen molar-refractivity contribution in [3.63, 3.8) is 0 Å². The highest BCUT2D eigenvalue weighted by Gasteiger charge is 2.37. The van der Waals surface area contributed by atoms with E-state index in [0.29, 0.717) is 18.3 Å². The number of ketones is 1. The lowest BCUT2D eigenvalue weighted by molar-refractivity contribution is -0.133. The largest absolute Gasteiger partial charge is 0.343 e. The van der Waals surface area contributed by atoms with Gasteiger partial charge in [0.25, 0.3) is 0 Å². The van der Waals surface area contributed by atoms with Crippen LogP contribution in [-0.2, 0) is 4.79 Å². The molecule has 3 rings (SSSR count). The number of carbonyl (C=O) groups excluding carboxylic acids is 2. The van der Waals surface area contributed by atoms with E-state index in [4.69, 9.17) is 0 Å². The highest BCUT2D eigenvalue weighted by atomic mass is 35.5. The van der Waals surface area contributed by atoms with Crippen LogP contribution in [0.4, 0.5) is 0 Å². The van der Waals surface area contributed by atoms with Gasteiger partial charge in [-0.3, -0.25) is 9.59 Å². The minimum atomic E-state index is 0. The van der Waals surface area contributed by atoms with Crippen LogP contribution >= 0.6 is 12.4 Å². The summed E-state index contributed by atoms with van der Waals surface area (Å²) in [5.74, 6) is 0.215. The number of halogens is 1. The topological polar surface area (TPSA) is 49.4 Å². The second-order valence-electron chi connectivity index (χ2n) is 7.55. The zero-order chi connectivity index (χ0) is 17.2. The Kier molecular flexibility index (Phi) is 6.64. The second-order valence-corrected chi connectivity index (χ2v) is 7.55. The molecule has 0 unspecified atom stereocenters. The van der Waals surface area contributed by atoms with E-state index in [2.05, 4.69) is 5.32 Å². The number of likely N-dealkylation sites (tertiary alicyclic amines) is 1. The van der Waals surface area contributed by atoms with Gasteiger partial charge in [0.05, 0.1) is 0 Å². The third-order valence-electron chi connectivity index (χ3n) is 5.77. The maximum Gasteiger partial charge on any atom is 0.223 e. The molecule has 1 aromatic rings. The monoisotopic (exact) mass is 364 g/mol. The molecule has 0 bridgehead atoms. The van der Waals surface area contributed by atoms with Gasteiger partial charge in [-0.25, -0.2) is 0 Å². The van der Waals surface area contributed by atoms with Gasteiger partial charge in [-0.2, -0.15) is 0 Å². The fraction of sp³-hybridized carbons (Fsp3) is 0.600. The lowest BCUT2D eigenvalue weighted by Gasteiger charge is -2.39. The van der Waals surface area contributed by atoms with Gasteiger partial charge >= 0.3 is 0 Å². The Morgan fingerprint density at radius 1 is 1.12 bits per heavy atom. The molecule has 1 amide bonds. The van der Waals surface area contributed by atoms with Crippen LogP contribution in [0.2, 0.25) is 0 Å². The van der Waals surface area contributed by atoms with Crippen LogP contribution in [0.25, 0.3) is 0 Å². The molecule has 2 aliphatic rings. The maximum atomic E-state index is 12.4. The van der Waals surface area contributed by atoms with E-state index in [1.165, 1.54) is 6.42 Å². The fourth-order valence-electron chi connectivity index (χ4n) is 4.00. The molecule has 0 aliphatic carbocycles. The summed E-state index contributed by atoms with van der Waals surface area (Å²) < 4.78 is 0. The van der Waals surface area contributed by atoms with E-state index in [-0.39, 0.29) is 24.1 Å². The van der Waals surface area contributed by atoms with Gasteiger partial charge in [0.1, 0.15) is 0 Å². The maximum absolute atomic E-state index is 12.4. The first-order valence-corrected chi connectivity index (χ1v) is 9.08. The number of rotatable bonds is 4. The zero-order valence-corrected chi connectivity index (χ0v) is 16.1. The summed E-state index contributed by atoms with van der Waals surface area (Å²) in [7, 11) is 0. The standard InChI is InChI=1S/C20H28N2O2.ClH/c1-15-3-4-16(2)17(13-15)18(23)5-6-19(24)22-11-8-20(9-12-22)7-10-21-14-20;/h3-4,13,21H,5-12,14H2,1-2H3;1H. The summed E-state index contributed by atoms with van der Waals surface area (Å²) in [5, 5.41) is 3.45. The predicted octanol–water partition coefficient (Wildman–Crippen LogP) is 3.29. The molecule has 1 spiro atoms. The molecule has 0 aromatic heterocycles. The minimum absolute atomic E-state index is 0. The van der Waals surface area contributed by atoms with Crippen molar-refractivity contribution >= 4 is 24.1 Å². The Hall–Kier alpha value is -1.39. The van der Waals surface area contributed by atoms with Gasteiger partial charge < -0.3 is 10.2 Å². The van der Waals surface area contributed by atoms with Crippen molar-refractivity contribution in [2.75, 3.05) is 26.2 Å². The molecule has 2 saturated heterocycles. The molecule has 0 atom stereocenters. The Labute approximate surface area is 156 Å². The van der Waals surface area contributed by atoms with Gasteiger partial charge in [0, 0.05) is 38.0 Å². The molecule has 5 heteroatoms. The number of aryl methyl sites for hydroxylation is 2. The van der Waals surface area contributed by atoms with Gasteiger partial charge in [0.15, 0.2) is 5.78 Å². The van der Waals surface area contributed by atoms with Crippen molar-refractivity contribution < 1.29 is 9.59 Å². The molecule has 0 radical (unpaired) electrons. The number of piperidine rings is 1. The SMILES string of the molecule is Cc1ccc(C)c(C(=O)CCC(=O)N2CCC3(CCNC3)CC2)c1.Cl. The molecule has 25 heavy (non-hydrogen) atoms. The van der Waals surface area contributed by atoms with E-state index >= 15 is 0 Å². The van der Waals surface area contributed by atoms with E-state index in [1.54, 1.807) is 0 Å². The summed E-state index contributed by atoms with van der Waals surface area (Å²) >= 11 is 0. The highest BCUT2D eigenvalue weighted by molar-refractivity contribution is 5.99.